The molecule has 4 heterocycles. The lowest BCUT2D eigenvalue weighted by atomic mass is 9.92. The van der Waals surface area contributed by atoms with E-state index in [0.717, 1.165) is 0 Å². The Hall–Kier alpha value is -2.67. The monoisotopic (exact) mass is 436 g/mol. The van der Waals surface area contributed by atoms with Crippen LogP contribution in [0.15, 0.2) is 6.33 Å². The van der Waals surface area contributed by atoms with Gasteiger partial charge in [-0.15, -0.1) is 0 Å². The molecule has 31 heavy (non-hydrogen) atoms. The van der Waals surface area contributed by atoms with Crippen molar-refractivity contribution in [1.29, 1.82) is 0 Å². The van der Waals surface area contributed by atoms with E-state index in [1.165, 1.54) is 20.4 Å². The number of carbonyl (C=O) groups is 3. The van der Waals surface area contributed by atoms with Crippen molar-refractivity contribution in [3.05, 3.63) is 11.9 Å². The minimum atomic E-state index is -1.19. The molecule has 0 aliphatic carbocycles. The van der Waals surface area contributed by atoms with Crippen molar-refractivity contribution in [3.63, 3.8) is 0 Å². The lowest BCUT2D eigenvalue weighted by Gasteiger charge is -2.38. The molecule has 0 bridgehead atoms. The lowest BCUT2D eigenvalue weighted by molar-refractivity contribution is -0.190. The molecular formula is C19H24N4O8. The number of ether oxygens (including phenoxy) is 4. The number of amides is 1. The molecule has 0 radical (unpaired) electrons. The number of aliphatic hydroxyl groups is 1. The fourth-order valence-corrected chi connectivity index (χ4v) is 4.23. The highest BCUT2D eigenvalue weighted by Crippen LogP contribution is 2.43. The summed E-state index contributed by atoms with van der Waals surface area (Å²) in [6.07, 6.45) is -1.46. The average Bonchev–Trinajstić information content (AvgIpc) is 3.20. The zero-order valence-corrected chi connectivity index (χ0v) is 17.5. The number of hydrogen-bond acceptors (Lipinski definition) is 11. The van der Waals surface area contributed by atoms with E-state index in [4.69, 9.17) is 18.9 Å². The Morgan fingerprint density at radius 2 is 2.03 bits per heavy atom. The Balaban J connectivity index is 1.79. The second-order valence-corrected chi connectivity index (χ2v) is 8.01. The van der Waals surface area contributed by atoms with E-state index in [0.29, 0.717) is 0 Å². The van der Waals surface area contributed by atoms with Gasteiger partial charge in [-0.3, -0.25) is 14.4 Å². The summed E-state index contributed by atoms with van der Waals surface area (Å²) in [5.74, 6) is -3.68. The summed E-state index contributed by atoms with van der Waals surface area (Å²) < 4.78 is 22.7. The molecule has 1 aromatic heterocycles. The molecule has 5 atom stereocenters. The van der Waals surface area contributed by atoms with Crippen LogP contribution in [0.3, 0.4) is 0 Å². The number of Topliss-reactive ketones (excluding diaryl/α,β-unsaturated/α-hetero) is 1. The number of hydrogen-bond donors (Lipinski definition) is 2. The predicted octanol–water partition coefficient (Wildman–Crippen LogP) is -0.536. The maximum atomic E-state index is 13.1. The number of anilines is 2. The highest BCUT2D eigenvalue weighted by molar-refractivity contribution is 6.16. The van der Waals surface area contributed by atoms with Gasteiger partial charge in [-0.05, 0) is 13.8 Å². The highest BCUT2D eigenvalue weighted by Gasteiger charge is 2.58. The van der Waals surface area contributed by atoms with Gasteiger partial charge in [-0.1, -0.05) is 0 Å². The Labute approximate surface area is 177 Å². The lowest BCUT2D eigenvalue weighted by Crippen LogP contribution is -2.52. The number of esters is 1. The van der Waals surface area contributed by atoms with Gasteiger partial charge in [0, 0.05) is 13.5 Å². The molecule has 12 nitrogen and oxygen atoms in total. The van der Waals surface area contributed by atoms with Crippen LogP contribution < -0.4 is 10.2 Å². The largest absolute Gasteiger partial charge is 0.468 e. The smallest absolute Gasteiger partial charge is 0.318 e. The van der Waals surface area contributed by atoms with Crippen LogP contribution in [-0.2, 0) is 28.5 Å². The van der Waals surface area contributed by atoms with Crippen LogP contribution in [0.25, 0.3) is 0 Å². The molecule has 3 aliphatic rings. The number of nitrogens with one attached hydrogen (secondary N) is 1. The summed E-state index contributed by atoms with van der Waals surface area (Å²) in [6.45, 7) is 4.38. The average molecular weight is 436 g/mol. The summed E-state index contributed by atoms with van der Waals surface area (Å²) in [7, 11) is 1.19. The Kier molecular flexibility index (Phi) is 5.41. The molecule has 4 rings (SSSR count). The highest BCUT2D eigenvalue weighted by atomic mass is 16.8. The van der Waals surface area contributed by atoms with E-state index < -0.39 is 53.9 Å². The van der Waals surface area contributed by atoms with Gasteiger partial charge >= 0.3 is 5.97 Å². The van der Waals surface area contributed by atoms with Crippen molar-refractivity contribution in [2.45, 2.75) is 51.1 Å². The number of ketones is 1. The molecule has 2 saturated heterocycles. The van der Waals surface area contributed by atoms with Gasteiger partial charge in [0.1, 0.15) is 47.8 Å². The van der Waals surface area contributed by atoms with Gasteiger partial charge in [0.25, 0.3) is 0 Å². The minimum absolute atomic E-state index is 0.0155. The van der Waals surface area contributed by atoms with Gasteiger partial charge in [0.05, 0.1) is 13.7 Å². The van der Waals surface area contributed by atoms with Crippen LogP contribution in [0.4, 0.5) is 11.6 Å². The summed E-state index contributed by atoms with van der Waals surface area (Å²) in [6, 6.07) is 0. The SMILES string of the molecule is COC(=O)C1CN(C2O[C@H](CO)[C@H]3OC(C)(C)O[C@@H]23)c2ncnc(NC(C)=O)c2C1=O. The summed E-state index contributed by atoms with van der Waals surface area (Å²) in [4.78, 5) is 47.0. The molecule has 0 spiro atoms. The Morgan fingerprint density at radius 1 is 1.32 bits per heavy atom. The fourth-order valence-electron chi connectivity index (χ4n) is 4.23. The van der Waals surface area contributed by atoms with E-state index in [9.17, 15) is 19.5 Å². The zero-order chi connectivity index (χ0) is 22.5. The van der Waals surface area contributed by atoms with Crippen molar-refractivity contribution in [2.75, 3.05) is 30.5 Å². The van der Waals surface area contributed by atoms with Crippen molar-refractivity contribution in [2.24, 2.45) is 5.92 Å². The zero-order valence-electron chi connectivity index (χ0n) is 17.5. The molecule has 2 fully saturated rings. The van der Waals surface area contributed by atoms with Crippen LogP contribution in [-0.4, -0.2) is 83.3 Å². The van der Waals surface area contributed by atoms with E-state index in [2.05, 4.69) is 15.3 Å². The second kappa shape index (κ2) is 7.79. The van der Waals surface area contributed by atoms with Crippen molar-refractivity contribution in [1.82, 2.24) is 9.97 Å². The first-order chi connectivity index (χ1) is 14.7. The minimum Gasteiger partial charge on any atom is -0.468 e. The number of fused-ring (bicyclic) bond motifs is 2. The standard InChI is InChI=1S/C19H24N4O8/c1-8(25)22-15-11-12(26)9(18(27)28-4)5-23(16(11)21-7-20-15)17-14-13(10(6-24)29-17)30-19(2,3)31-14/h7,9-10,13-14,17,24H,5-6H2,1-4H3,(H,20,21,22,25)/t9?,10-,13-,14-,17?/m1/s1. The number of nitrogens with zero attached hydrogens (tertiary/aromatic N) is 3. The van der Waals surface area contributed by atoms with E-state index in [1.807, 2.05) is 0 Å². The third kappa shape index (κ3) is 3.65. The van der Waals surface area contributed by atoms with Gasteiger partial charge in [-0.25, -0.2) is 9.97 Å². The Bertz CT molecular complexity index is 922. The molecule has 12 heteroatoms. The summed E-state index contributed by atoms with van der Waals surface area (Å²) in [5, 5.41) is 12.3. The topological polar surface area (TPSA) is 149 Å². The van der Waals surface area contributed by atoms with E-state index >= 15 is 0 Å². The third-order valence-corrected chi connectivity index (χ3v) is 5.43. The number of methoxy groups -OCH3 is 1. The molecule has 168 valence electrons. The fraction of sp³-hybridized carbons (Fsp3) is 0.632. The van der Waals surface area contributed by atoms with Crippen LogP contribution in [0, 0.1) is 5.92 Å². The molecular weight excluding hydrogens is 412 g/mol. The van der Waals surface area contributed by atoms with Crippen molar-refractivity contribution >= 4 is 29.3 Å². The van der Waals surface area contributed by atoms with Gasteiger partial charge in [-0.2, -0.15) is 0 Å². The first-order valence-corrected chi connectivity index (χ1v) is 9.80. The first kappa shape index (κ1) is 21.6. The number of aliphatic hydroxyl groups excluding tert-OH is 1. The molecule has 0 saturated carbocycles. The summed E-state index contributed by atoms with van der Waals surface area (Å²) >= 11 is 0. The Morgan fingerprint density at radius 3 is 2.68 bits per heavy atom. The first-order valence-electron chi connectivity index (χ1n) is 9.80. The van der Waals surface area contributed by atoms with Gasteiger partial charge < -0.3 is 34.3 Å². The maximum absolute atomic E-state index is 13.1. The maximum Gasteiger partial charge on any atom is 0.318 e. The van der Waals surface area contributed by atoms with Crippen LogP contribution in [0.2, 0.25) is 0 Å². The van der Waals surface area contributed by atoms with E-state index in [1.54, 1.807) is 18.7 Å². The van der Waals surface area contributed by atoms with Gasteiger partial charge in [0.15, 0.2) is 17.8 Å². The molecule has 2 N–H and O–H groups in total. The van der Waals surface area contributed by atoms with Crippen LogP contribution in [0.5, 0.6) is 0 Å². The molecule has 3 aliphatic heterocycles. The van der Waals surface area contributed by atoms with E-state index in [-0.39, 0.29) is 30.4 Å². The van der Waals surface area contributed by atoms with Crippen LogP contribution in [0.1, 0.15) is 31.1 Å². The molecule has 2 unspecified atom stereocenters. The predicted molar refractivity (Wildman–Crippen MR) is 103 cm³/mol. The van der Waals surface area contributed by atoms with Crippen molar-refractivity contribution in [3.8, 4) is 0 Å². The molecule has 1 aromatic rings. The molecule has 1 amide bonds. The third-order valence-electron chi connectivity index (χ3n) is 5.43. The molecule has 0 aromatic carbocycles. The second-order valence-electron chi connectivity index (χ2n) is 8.01. The number of aromatic nitrogens is 2. The summed E-state index contributed by atoms with van der Waals surface area (Å²) in [5.41, 5.74) is -0.0230. The van der Waals surface area contributed by atoms with Gasteiger partial charge in [0.2, 0.25) is 5.91 Å². The number of rotatable bonds is 4. The number of carbonyl (C=O) groups excluding carboxylic acids is 3. The van der Waals surface area contributed by atoms with Crippen LogP contribution >= 0.6 is 0 Å². The normalized spacial score (nSPS) is 31.2. The van der Waals surface area contributed by atoms with Crippen molar-refractivity contribution < 1.29 is 38.4 Å². The quantitative estimate of drug-likeness (QED) is 0.463.